The maximum Gasteiger partial charge on any atom is 0.325 e. The van der Waals surface area contributed by atoms with E-state index in [0.29, 0.717) is 15.9 Å². The van der Waals surface area contributed by atoms with Gasteiger partial charge in [-0.1, -0.05) is 23.2 Å². The van der Waals surface area contributed by atoms with Crippen molar-refractivity contribution in [2.24, 2.45) is 0 Å². The molecule has 0 bridgehead atoms. The zero-order valence-corrected chi connectivity index (χ0v) is 11.1. The topological polar surface area (TPSA) is 44.1 Å². The maximum absolute atomic E-state index is 11.3. The summed E-state index contributed by atoms with van der Waals surface area (Å²) < 4.78 is 6.29. The van der Waals surface area contributed by atoms with Gasteiger partial charge in [0.1, 0.15) is 12.4 Å². The highest BCUT2D eigenvalue weighted by atomic mass is 35.5. The van der Waals surface area contributed by atoms with E-state index in [2.05, 4.69) is 9.72 Å². The van der Waals surface area contributed by atoms with Crippen LogP contribution >= 0.6 is 23.2 Å². The standard InChI is InChI=1S/C12H10Cl2N2O2/c1-18-11(17)7-16-5-4-15-12(16)9-3-2-8(13)6-10(9)14/h2-6H,7H2,1H3. The van der Waals surface area contributed by atoms with E-state index in [0.717, 1.165) is 5.56 Å². The normalized spacial score (nSPS) is 10.4. The molecule has 0 aliphatic heterocycles. The Morgan fingerprint density at radius 3 is 2.89 bits per heavy atom. The smallest absolute Gasteiger partial charge is 0.325 e. The SMILES string of the molecule is COC(=O)Cn1ccnc1-c1ccc(Cl)cc1Cl. The summed E-state index contributed by atoms with van der Waals surface area (Å²) in [6.07, 6.45) is 3.29. The number of halogens is 2. The second kappa shape index (κ2) is 5.42. The van der Waals surface area contributed by atoms with Crippen molar-refractivity contribution in [1.82, 2.24) is 9.55 Å². The van der Waals surface area contributed by atoms with Gasteiger partial charge < -0.3 is 9.30 Å². The third-order valence-electron chi connectivity index (χ3n) is 2.41. The lowest BCUT2D eigenvalue weighted by atomic mass is 10.2. The van der Waals surface area contributed by atoms with Gasteiger partial charge in [0.2, 0.25) is 0 Å². The van der Waals surface area contributed by atoms with Crippen molar-refractivity contribution in [3.8, 4) is 11.4 Å². The molecule has 4 nitrogen and oxygen atoms in total. The maximum atomic E-state index is 11.3. The molecule has 0 fully saturated rings. The number of aromatic nitrogens is 2. The number of hydrogen-bond acceptors (Lipinski definition) is 3. The molecule has 0 atom stereocenters. The number of nitrogens with zero attached hydrogens (tertiary/aromatic N) is 2. The number of carbonyl (C=O) groups excluding carboxylic acids is 1. The van der Waals surface area contributed by atoms with Crippen LogP contribution in [0.1, 0.15) is 0 Å². The molecule has 2 rings (SSSR count). The Morgan fingerprint density at radius 1 is 1.44 bits per heavy atom. The van der Waals surface area contributed by atoms with Crippen LogP contribution in [0.5, 0.6) is 0 Å². The van der Waals surface area contributed by atoms with Gasteiger partial charge >= 0.3 is 5.97 Å². The first kappa shape index (κ1) is 12.9. The molecule has 6 heteroatoms. The van der Waals surface area contributed by atoms with E-state index in [9.17, 15) is 4.79 Å². The number of imidazole rings is 1. The fraction of sp³-hybridized carbons (Fsp3) is 0.167. The summed E-state index contributed by atoms with van der Waals surface area (Å²) in [4.78, 5) is 15.5. The third-order valence-corrected chi connectivity index (χ3v) is 2.96. The average molecular weight is 285 g/mol. The predicted octanol–water partition coefficient (Wildman–Crippen LogP) is 3.03. The molecule has 0 spiro atoms. The van der Waals surface area contributed by atoms with E-state index >= 15 is 0 Å². The summed E-state index contributed by atoms with van der Waals surface area (Å²) in [5.74, 6) is 0.251. The van der Waals surface area contributed by atoms with E-state index in [1.165, 1.54) is 7.11 Å². The molecule has 0 radical (unpaired) electrons. The molecular weight excluding hydrogens is 275 g/mol. The first-order valence-electron chi connectivity index (χ1n) is 5.15. The van der Waals surface area contributed by atoms with Crippen LogP contribution < -0.4 is 0 Å². The molecule has 0 aliphatic rings. The molecule has 1 heterocycles. The van der Waals surface area contributed by atoms with Crippen molar-refractivity contribution < 1.29 is 9.53 Å². The van der Waals surface area contributed by atoms with Crippen LogP contribution in [0, 0.1) is 0 Å². The number of rotatable bonds is 3. The van der Waals surface area contributed by atoms with E-state index in [-0.39, 0.29) is 12.5 Å². The van der Waals surface area contributed by atoms with Gasteiger partial charge in [0.15, 0.2) is 0 Å². The Bertz CT molecular complexity index is 581. The van der Waals surface area contributed by atoms with Gasteiger partial charge in [0.05, 0.1) is 12.1 Å². The van der Waals surface area contributed by atoms with E-state index in [4.69, 9.17) is 23.2 Å². The highest BCUT2D eigenvalue weighted by Crippen LogP contribution is 2.29. The average Bonchev–Trinajstić information content (AvgIpc) is 2.77. The van der Waals surface area contributed by atoms with E-state index in [1.807, 2.05) is 0 Å². The van der Waals surface area contributed by atoms with Gasteiger partial charge in [0.25, 0.3) is 0 Å². The molecule has 0 aliphatic carbocycles. The fourth-order valence-electron chi connectivity index (χ4n) is 1.56. The lowest BCUT2D eigenvalue weighted by molar-refractivity contribution is -0.141. The van der Waals surface area contributed by atoms with Crippen molar-refractivity contribution in [2.75, 3.05) is 7.11 Å². The minimum absolute atomic E-state index is 0.0881. The largest absolute Gasteiger partial charge is 0.468 e. The van der Waals surface area contributed by atoms with Crippen molar-refractivity contribution in [3.05, 3.63) is 40.6 Å². The van der Waals surface area contributed by atoms with Crippen LogP contribution in [0.25, 0.3) is 11.4 Å². The second-order valence-corrected chi connectivity index (χ2v) is 4.42. The van der Waals surface area contributed by atoms with Gasteiger partial charge in [-0.3, -0.25) is 4.79 Å². The predicted molar refractivity (Wildman–Crippen MR) is 69.7 cm³/mol. The molecule has 18 heavy (non-hydrogen) atoms. The zero-order valence-electron chi connectivity index (χ0n) is 9.56. The highest BCUT2D eigenvalue weighted by molar-refractivity contribution is 6.36. The van der Waals surface area contributed by atoms with E-state index < -0.39 is 0 Å². The molecule has 1 aromatic carbocycles. The molecule has 0 saturated carbocycles. The van der Waals surface area contributed by atoms with Gasteiger partial charge in [-0.15, -0.1) is 0 Å². The summed E-state index contributed by atoms with van der Waals surface area (Å²) in [5, 5.41) is 1.04. The monoisotopic (exact) mass is 284 g/mol. The molecule has 94 valence electrons. The van der Waals surface area contributed by atoms with Crippen LogP contribution in [-0.4, -0.2) is 22.6 Å². The Morgan fingerprint density at radius 2 is 2.22 bits per heavy atom. The molecule has 0 N–H and O–H groups in total. The Kier molecular flexibility index (Phi) is 3.89. The van der Waals surface area contributed by atoms with Crippen LogP contribution in [0.15, 0.2) is 30.6 Å². The highest BCUT2D eigenvalue weighted by Gasteiger charge is 2.12. The van der Waals surface area contributed by atoms with Crippen molar-refractivity contribution in [3.63, 3.8) is 0 Å². The number of hydrogen-bond donors (Lipinski definition) is 0. The third kappa shape index (κ3) is 2.66. The van der Waals surface area contributed by atoms with Gasteiger partial charge in [-0.05, 0) is 18.2 Å². The molecule has 1 aromatic heterocycles. The lowest BCUT2D eigenvalue weighted by Gasteiger charge is -2.08. The molecule has 0 saturated heterocycles. The molecule has 0 amide bonds. The molecule has 2 aromatic rings. The number of benzene rings is 1. The Balaban J connectivity index is 2.39. The summed E-state index contributed by atoms with van der Waals surface area (Å²) in [6, 6.07) is 5.12. The fourth-order valence-corrected chi connectivity index (χ4v) is 2.05. The lowest BCUT2D eigenvalue weighted by Crippen LogP contribution is -2.11. The second-order valence-electron chi connectivity index (χ2n) is 3.58. The van der Waals surface area contributed by atoms with Crippen molar-refractivity contribution >= 4 is 29.2 Å². The first-order chi connectivity index (χ1) is 8.61. The molecular formula is C12H10Cl2N2O2. The van der Waals surface area contributed by atoms with Crippen LogP contribution in [0.4, 0.5) is 0 Å². The minimum Gasteiger partial charge on any atom is -0.468 e. The zero-order chi connectivity index (χ0) is 13.1. The van der Waals surface area contributed by atoms with Gasteiger partial charge in [-0.25, -0.2) is 4.98 Å². The first-order valence-corrected chi connectivity index (χ1v) is 5.91. The van der Waals surface area contributed by atoms with Gasteiger partial charge in [0, 0.05) is 23.0 Å². The van der Waals surface area contributed by atoms with Crippen LogP contribution in [0.3, 0.4) is 0 Å². The van der Waals surface area contributed by atoms with Crippen LogP contribution in [0.2, 0.25) is 10.0 Å². The number of esters is 1. The minimum atomic E-state index is -0.348. The van der Waals surface area contributed by atoms with E-state index in [1.54, 1.807) is 35.2 Å². The number of carbonyl (C=O) groups is 1. The van der Waals surface area contributed by atoms with Gasteiger partial charge in [-0.2, -0.15) is 0 Å². The Hall–Kier alpha value is -1.52. The summed E-state index contributed by atoms with van der Waals surface area (Å²) >= 11 is 11.9. The summed E-state index contributed by atoms with van der Waals surface area (Å²) in [6.45, 7) is 0.0881. The summed E-state index contributed by atoms with van der Waals surface area (Å²) in [5.41, 5.74) is 0.718. The van der Waals surface area contributed by atoms with Crippen molar-refractivity contribution in [2.45, 2.75) is 6.54 Å². The Labute approximate surface area is 114 Å². The molecule has 0 unspecified atom stereocenters. The van der Waals surface area contributed by atoms with Crippen LogP contribution in [-0.2, 0) is 16.1 Å². The summed E-state index contributed by atoms with van der Waals surface area (Å²) in [7, 11) is 1.34. The number of methoxy groups -OCH3 is 1. The quantitative estimate of drug-likeness (QED) is 0.814. The number of ether oxygens (including phenoxy) is 1. The van der Waals surface area contributed by atoms with Crippen molar-refractivity contribution in [1.29, 1.82) is 0 Å².